The maximum Gasteiger partial charge on any atom is 0.332 e. The van der Waals surface area contributed by atoms with Crippen LogP contribution in [0, 0.1) is 0 Å². The van der Waals surface area contributed by atoms with Crippen LogP contribution in [0.3, 0.4) is 0 Å². The number of nitrogens with zero attached hydrogens (tertiary/aromatic N) is 2. The van der Waals surface area contributed by atoms with Crippen LogP contribution >= 0.6 is 23.5 Å². The molecular weight excluding hydrogens is 328 g/mol. The Hall–Kier alpha value is -0.170. The third kappa shape index (κ3) is 4.68. The van der Waals surface area contributed by atoms with Crippen LogP contribution in [-0.2, 0) is 9.53 Å². The normalized spacial score (nSPS) is 32.3. The second-order valence-electron chi connectivity index (χ2n) is 6.43. The molecule has 0 N–H and O–H groups in total. The number of carbonyl (C=O) groups is 1. The molecule has 0 radical (unpaired) electrons. The molecular formula is C17H28N2O2S2. The third-order valence-electron chi connectivity index (χ3n) is 4.74. The zero-order chi connectivity index (χ0) is 16.1. The lowest BCUT2D eigenvalue weighted by atomic mass is 10.1. The Bertz CT molecular complexity index is 404. The molecule has 0 saturated carbocycles. The van der Waals surface area contributed by atoms with Gasteiger partial charge >= 0.3 is 5.97 Å². The lowest BCUT2D eigenvalue weighted by molar-refractivity contribution is -0.137. The molecule has 0 bridgehead atoms. The van der Waals surface area contributed by atoms with Crippen molar-refractivity contribution in [1.82, 2.24) is 9.80 Å². The average molecular weight is 357 g/mol. The first-order valence-corrected chi connectivity index (χ1v) is 10.7. The standard InChI is InChI=1S/C17H28N2O2S2/c1-2-21-14(20)13-15-22-16(18-9-5-3-6-10-18)17(23-15)19-11-7-4-8-12-19/h13,16-17H,2-12H2,1H3/t16-,17+. The number of thioether (sulfide) groups is 2. The number of rotatable bonds is 4. The van der Waals surface area contributed by atoms with Gasteiger partial charge in [0.25, 0.3) is 0 Å². The van der Waals surface area contributed by atoms with Crippen molar-refractivity contribution in [3.05, 3.63) is 10.3 Å². The summed E-state index contributed by atoms with van der Waals surface area (Å²) < 4.78 is 6.23. The molecule has 0 aromatic carbocycles. The highest BCUT2D eigenvalue weighted by Gasteiger charge is 2.40. The lowest BCUT2D eigenvalue weighted by Gasteiger charge is -2.40. The minimum absolute atomic E-state index is 0.195. The highest BCUT2D eigenvalue weighted by Crippen LogP contribution is 2.50. The summed E-state index contributed by atoms with van der Waals surface area (Å²) in [5.74, 6) is -0.195. The Morgan fingerprint density at radius 1 is 1.00 bits per heavy atom. The highest BCUT2D eigenvalue weighted by molar-refractivity contribution is 8.25. The summed E-state index contributed by atoms with van der Waals surface area (Å²) in [6.45, 7) is 7.12. The summed E-state index contributed by atoms with van der Waals surface area (Å²) in [5, 5.41) is 0.971. The number of hydrogen-bond donors (Lipinski definition) is 0. The number of ether oxygens (including phenoxy) is 1. The molecule has 2 atom stereocenters. The Kier molecular flexibility index (Phi) is 6.74. The van der Waals surface area contributed by atoms with E-state index in [0.717, 1.165) is 4.24 Å². The lowest BCUT2D eigenvalue weighted by Crippen LogP contribution is -2.49. The minimum Gasteiger partial charge on any atom is -0.463 e. The van der Waals surface area contributed by atoms with Crippen LogP contribution in [0.15, 0.2) is 10.3 Å². The zero-order valence-electron chi connectivity index (χ0n) is 14.0. The highest BCUT2D eigenvalue weighted by atomic mass is 32.2. The van der Waals surface area contributed by atoms with Gasteiger partial charge in [-0.05, 0) is 58.8 Å². The molecule has 23 heavy (non-hydrogen) atoms. The van der Waals surface area contributed by atoms with Gasteiger partial charge in [-0.1, -0.05) is 36.4 Å². The van der Waals surface area contributed by atoms with E-state index in [0.29, 0.717) is 17.4 Å². The van der Waals surface area contributed by atoms with Crippen molar-refractivity contribution in [1.29, 1.82) is 0 Å². The number of piperidine rings is 2. The molecule has 0 aromatic rings. The van der Waals surface area contributed by atoms with Gasteiger partial charge in [0.2, 0.25) is 0 Å². The zero-order valence-corrected chi connectivity index (χ0v) is 15.7. The van der Waals surface area contributed by atoms with Crippen LogP contribution in [0.4, 0.5) is 0 Å². The monoisotopic (exact) mass is 356 g/mol. The van der Waals surface area contributed by atoms with Crippen molar-refractivity contribution in [2.45, 2.75) is 56.2 Å². The Labute approximate surface area is 148 Å². The summed E-state index contributed by atoms with van der Waals surface area (Å²) >= 11 is 3.76. The van der Waals surface area contributed by atoms with E-state index < -0.39 is 0 Å². The van der Waals surface area contributed by atoms with E-state index >= 15 is 0 Å². The van der Waals surface area contributed by atoms with Crippen LogP contribution in [-0.4, -0.2) is 59.3 Å². The molecule has 3 rings (SSSR count). The summed E-state index contributed by atoms with van der Waals surface area (Å²) in [5.41, 5.74) is 0. The predicted molar refractivity (Wildman–Crippen MR) is 98.3 cm³/mol. The summed E-state index contributed by atoms with van der Waals surface area (Å²) in [6.07, 6.45) is 9.68. The fourth-order valence-electron chi connectivity index (χ4n) is 3.59. The van der Waals surface area contributed by atoms with E-state index in [4.69, 9.17) is 4.74 Å². The van der Waals surface area contributed by atoms with Crippen molar-refractivity contribution in [2.24, 2.45) is 0 Å². The molecule has 3 heterocycles. The van der Waals surface area contributed by atoms with Gasteiger partial charge in [0.15, 0.2) is 0 Å². The van der Waals surface area contributed by atoms with Crippen molar-refractivity contribution < 1.29 is 9.53 Å². The molecule has 3 fully saturated rings. The molecule has 0 aliphatic carbocycles. The molecule has 6 heteroatoms. The smallest absolute Gasteiger partial charge is 0.332 e. The Balaban J connectivity index is 1.71. The van der Waals surface area contributed by atoms with Crippen molar-refractivity contribution in [2.75, 3.05) is 32.8 Å². The van der Waals surface area contributed by atoms with E-state index in [1.165, 1.54) is 64.7 Å². The van der Waals surface area contributed by atoms with Crippen molar-refractivity contribution in [3.63, 3.8) is 0 Å². The molecule has 130 valence electrons. The van der Waals surface area contributed by atoms with Crippen LogP contribution in [0.1, 0.15) is 45.4 Å². The van der Waals surface area contributed by atoms with Crippen molar-refractivity contribution >= 4 is 29.5 Å². The van der Waals surface area contributed by atoms with Crippen LogP contribution in [0.25, 0.3) is 0 Å². The topological polar surface area (TPSA) is 32.8 Å². The summed E-state index contributed by atoms with van der Waals surface area (Å²) in [7, 11) is 0. The molecule has 0 unspecified atom stereocenters. The quantitative estimate of drug-likeness (QED) is 0.566. The first kappa shape index (κ1) is 17.6. The fourth-order valence-corrected chi connectivity index (χ4v) is 6.83. The van der Waals surface area contributed by atoms with E-state index in [1.807, 2.05) is 30.4 Å². The predicted octanol–water partition coefficient (Wildman–Crippen LogP) is 3.49. The molecule has 4 nitrogen and oxygen atoms in total. The molecule has 3 saturated heterocycles. The number of likely N-dealkylation sites (tertiary alicyclic amines) is 2. The minimum atomic E-state index is -0.195. The number of esters is 1. The van der Waals surface area contributed by atoms with Gasteiger partial charge < -0.3 is 4.74 Å². The van der Waals surface area contributed by atoms with Gasteiger partial charge in [-0.25, -0.2) is 4.79 Å². The van der Waals surface area contributed by atoms with E-state index in [-0.39, 0.29) is 5.97 Å². The van der Waals surface area contributed by atoms with E-state index in [9.17, 15) is 4.79 Å². The van der Waals surface area contributed by atoms with Gasteiger partial charge in [-0.3, -0.25) is 9.80 Å². The van der Waals surface area contributed by atoms with Crippen LogP contribution in [0.5, 0.6) is 0 Å². The Morgan fingerprint density at radius 2 is 1.48 bits per heavy atom. The summed E-state index contributed by atoms with van der Waals surface area (Å²) in [4.78, 5) is 17.1. The molecule has 0 amide bonds. The SMILES string of the molecule is CCOC(=O)C=C1S[C@@H](N2CCCCC2)[C@@H](N2CCCCC2)S1. The first-order valence-electron chi connectivity index (χ1n) is 8.98. The molecule has 3 aliphatic rings. The molecule has 0 aromatic heterocycles. The van der Waals surface area contributed by atoms with E-state index in [1.54, 1.807) is 6.08 Å². The van der Waals surface area contributed by atoms with E-state index in [2.05, 4.69) is 9.80 Å². The van der Waals surface area contributed by atoms with Gasteiger partial charge in [0.05, 0.1) is 21.6 Å². The average Bonchev–Trinajstić information content (AvgIpc) is 3.00. The summed E-state index contributed by atoms with van der Waals surface area (Å²) in [6, 6.07) is 0. The first-order chi connectivity index (χ1) is 11.3. The molecule has 3 aliphatic heterocycles. The second-order valence-corrected chi connectivity index (χ2v) is 9.00. The van der Waals surface area contributed by atoms with Crippen LogP contribution < -0.4 is 0 Å². The molecule has 0 spiro atoms. The van der Waals surface area contributed by atoms with Crippen LogP contribution in [0.2, 0.25) is 0 Å². The largest absolute Gasteiger partial charge is 0.463 e. The third-order valence-corrected chi connectivity index (χ3v) is 7.79. The number of carbonyl (C=O) groups excluding carboxylic acids is 1. The van der Waals surface area contributed by atoms with Gasteiger partial charge in [-0.2, -0.15) is 0 Å². The fraction of sp³-hybridized carbons (Fsp3) is 0.824. The van der Waals surface area contributed by atoms with Gasteiger partial charge in [0.1, 0.15) is 0 Å². The Morgan fingerprint density at radius 3 is 1.91 bits per heavy atom. The van der Waals surface area contributed by atoms with Crippen molar-refractivity contribution in [3.8, 4) is 0 Å². The maximum absolute atomic E-state index is 11.8. The van der Waals surface area contributed by atoms with Gasteiger partial charge in [-0.15, -0.1) is 0 Å². The second kappa shape index (κ2) is 8.79. The van der Waals surface area contributed by atoms with Gasteiger partial charge in [0, 0.05) is 6.08 Å². The maximum atomic E-state index is 11.8. The number of hydrogen-bond acceptors (Lipinski definition) is 6.